The maximum Gasteiger partial charge on any atom is 0.123 e. The molecule has 3 heteroatoms. The summed E-state index contributed by atoms with van der Waals surface area (Å²) in [7, 11) is 0. The van der Waals surface area contributed by atoms with E-state index in [4.69, 9.17) is 0 Å². The van der Waals surface area contributed by atoms with Crippen LogP contribution >= 0.6 is 0 Å². The zero-order valence-electron chi connectivity index (χ0n) is 11.5. The molecule has 0 amide bonds. The number of rotatable bonds is 2. The first kappa shape index (κ1) is 13.4. The van der Waals surface area contributed by atoms with Gasteiger partial charge in [0.05, 0.1) is 5.69 Å². The molecule has 1 aromatic heterocycles. The molecule has 0 bridgehead atoms. The van der Waals surface area contributed by atoms with Gasteiger partial charge in [-0.05, 0) is 60.5 Å². The van der Waals surface area contributed by atoms with Gasteiger partial charge >= 0.3 is 0 Å². The number of aryl methyl sites for hydroxylation is 1. The molecular formula is C18H13F2N. The van der Waals surface area contributed by atoms with Gasteiger partial charge in [-0.25, -0.2) is 8.78 Å². The van der Waals surface area contributed by atoms with Crippen molar-refractivity contribution in [3.05, 3.63) is 78.0 Å². The van der Waals surface area contributed by atoms with Crippen LogP contribution in [0.4, 0.5) is 8.78 Å². The van der Waals surface area contributed by atoms with Gasteiger partial charge in [-0.15, -0.1) is 0 Å². The van der Waals surface area contributed by atoms with Crippen LogP contribution in [-0.4, -0.2) is 4.98 Å². The van der Waals surface area contributed by atoms with E-state index in [-0.39, 0.29) is 11.6 Å². The summed E-state index contributed by atoms with van der Waals surface area (Å²) >= 11 is 0. The Kier molecular flexibility index (Phi) is 3.48. The first-order chi connectivity index (χ1) is 10.1. The molecule has 3 aromatic rings. The fraction of sp³-hybridized carbons (Fsp3) is 0.0556. The van der Waals surface area contributed by atoms with Crippen LogP contribution in [0.1, 0.15) is 5.56 Å². The Morgan fingerprint density at radius 2 is 1.24 bits per heavy atom. The number of halogens is 2. The molecule has 0 N–H and O–H groups in total. The van der Waals surface area contributed by atoms with E-state index in [0.29, 0.717) is 0 Å². The molecule has 3 rings (SSSR count). The third kappa shape index (κ3) is 2.68. The molecular weight excluding hydrogens is 268 g/mol. The maximum absolute atomic E-state index is 13.1. The lowest BCUT2D eigenvalue weighted by atomic mass is 9.95. The van der Waals surface area contributed by atoms with Gasteiger partial charge < -0.3 is 0 Å². The van der Waals surface area contributed by atoms with Crippen LogP contribution in [0, 0.1) is 18.6 Å². The predicted octanol–water partition coefficient (Wildman–Crippen LogP) is 5.00. The van der Waals surface area contributed by atoms with Gasteiger partial charge in [0.2, 0.25) is 0 Å². The van der Waals surface area contributed by atoms with Crippen molar-refractivity contribution in [1.82, 2.24) is 4.98 Å². The summed E-state index contributed by atoms with van der Waals surface area (Å²) in [6.45, 7) is 1.98. The summed E-state index contributed by atoms with van der Waals surface area (Å²) in [5, 5.41) is 0. The van der Waals surface area contributed by atoms with Gasteiger partial charge in [0.25, 0.3) is 0 Å². The second kappa shape index (κ2) is 5.44. The van der Waals surface area contributed by atoms with E-state index in [1.165, 1.54) is 24.3 Å². The summed E-state index contributed by atoms with van der Waals surface area (Å²) in [5.74, 6) is -0.557. The van der Waals surface area contributed by atoms with Crippen LogP contribution < -0.4 is 0 Å². The molecule has 0 saturated heterocycles. The van der Waals surface area contributed by atoms with Gasteiger partial charge in [0.15, 0.2) is 0 Å². The molecule has 0 aliphatic heterocycles. The Morgan fingerprint density at radius 1 is 0.714 bits per heavy atom. The van der Waals surface area contributed by atoms with Crippen molar-refractivity contribution in [3.63, 3.8) is 0 Å². The van der Waals surface area contributed by atoms with Gasteiger partial charge in [-0.2, -0.15) is 0 Å². The average Bonchev–Trinajstić information content (AvgIpc) is 2.49. The quantitative estimate of drug-likeness (QED) is 0.644. The fourth-order valence-corrected chi connectivity index (χ4v) is 2.37. The lowest BCUT2D eigenvalue weighted by Crippen LogP contribution is -1.93. The average molecular weight is 281 g/mol. The van der Waals surface area contributed by atoms with Crippen molar-refractivity contribution >= 4 is 0 Å². The molecule has 2 aromatic carbocycles. The highest BCUT2D eigenvalue weighted by molar-refractivity contribution is 5.82. The van der Waals surface area contributed by atoms with E-state index in [0.717, 1.165) is 27.9 Å². The smallest absolute Gasteiger partial charge is 0.123 e. The van der Waals surface area contributed by atoms with Gasteiger partial charge in [-0.1, -0.05) is 12.1 Å². The molecule has 104 valence electrons. The number of benzene rings is 2. The van der Waals surface area contributed by atoms with E-state index >= 15 is 0 Å². The minimum atomic E-state index is -0.283. The Hall–Kier alpha value is -2.55. The first-order valence-corrected chi connectivity index (χ1v) is 6.62. The molecule has 0 aliphatic carbocycles. The topological polar surface area (TPSA) is 12.9 Å². The van der Waals surface area contributed by atoms with Crippen LogP contribution in [0.15, 0.2) is 60.8 Å². The summed E-state index contributed by atoms with van der Waals surface area (Å²) in [5.41, 5.74) is 4.46. The standard InChI is InChI=1S/C18H13F2N/c1-12-10-11-21-18(14-4-8-16(20)9-5-14)17(12)13-2-6-15(19)7-3-13/h2-11H,1H3. The van der Waals surface area contributed by atoms with Gasteiger partial charge in [0.1, 0.15) is 11.6 Å². The highest BCUT2D eigenvalue weighted by atomic mass is 19.1. The third-order valence-electron chi connectivity index (χ3n) is 3.41. The summed E-state index contributed by atoms with van der Waals surface area (Å²) in [4.78, 5) is 4.42. The molecule has 0 atom stereocenters. The molecule has 0 saturated carbocycles. The van der Waals surface area contributed by atoms with E-state index in [2.05, 4.69) is 4.98 Å². The van der Waals surface area contributed by atoms with Crippen LogP contribution in [0.25, 0.3) is 22.4 Å². The van der Waals surface area contributed by atoms with Gasteiger partial charge in [0, 0.05) is 17.3 Å². The van der Waals surface area contributed by atoms with E-state index in [9.17, 15) is 8.78 Å². The number of hydrogen-bond acceptors (Lipinski definition) is 1. The SMILES string of the molecule is Cc1ccnc(-c2ccc(F)cc2)c1-c1ccc(F)cc1. The molecule has 0 aliphatic rings. The highest BCUT2D eigenvalue weighted by Crippen LogP contribution is 2.33. The fourth-order valence-electron chi connectivity index (χ4n) is 2.37. The number of hydrogen-bond donors (Lipinski definition) is 0. The minimum Gasteiger partial charge on any atom is -0.256 e. The molecule has 0 spiro atoms. The van der Waals surface area contributed by atoms with Crippen molar-refractivity contribution < 1.29 is 8.78 Å². The van der Waals surface area contributed by atoms with Crippen LogP contribution in [0.3, 0.4) is 0 Å². The largest absolute Gasteiger partial charge is 0.256 e. The second-order valence-corrected chi connectivity index (χ2v) is 4.87. The number of pyridine rings is 1. The number of nitrogens with zero attached hydrogens (tertiary/aromatic N) is 1. The lowest BCUT2D eigenvalue weighted by molar-refractivity contribution is 0.627. The van der Waals surface area contributed by atoms with Crippen LogP contribution in [0.5, 0.6) is 0 Å². The highest BCUT2D eigenvalue weighted by Gasteiger charge is 2.11. The Bertz CT molecular complexity index is 762. The molecule has 1 heterocycles. The Balaban J connectivity index is 2.20. The monoisotopic (exact) mass is 281 g/mol. The summed E-state index contributed by atoms with van der Waals surface area (Å²) in [6.07, 6.45) is 1.72. The molecule has 0 radical (unpaired) electrons. The zero-order valence-corrected chi connectivity index (χ0v) is 11.5. The molecule has 0 unspecified atom stereocenters. The maximum atomic E-state index is 13.1. The molecule has 0 fully saturated rings. The van der Waals surface area contributed by atoms with Crippen LogP contribution in [0.2, 0.25) is 0 Å². The zero-order chi connectivity index (χ0) is 14.8. The van der Waals surface area contributed by atoms with Crippen molar-refractivity contribution in [3.8, 4) is 22.4 Å². The molecule has 21 heavy (non-hydrogen) atoms. The third-order valence-corrected chi connectivity index (χ3v) is 3.41. The van der Waals surface area contributed by atoms with E-state index in [1.54, 1.807) is 30.5 Å². The Labute approximate surface area is 121 Å². The normalized spacial score (nSPS) is 10.6. The summed E-state index contributed by atoms with van der Waals surface area (Å²) in [6, 6.07) is 14.4. The minimum absolute atomic E-state index is 0.274. The Morgan fingerprint density at radius 3 is 1.81 bits per heavy atom. The van der Waals surface area contributed by atoms with Gasteiger partial charge in [-0.3, -0.25) is 4.98 Å². The number of aromatic nitrogens is 1. The summed E-state index contributed by atoms with van der Waals surface area (Å²) < 4.78 is 26.2. The van der Waals surface area contributed by atoms with Crippen molar-refractivity contribution in [2.75, 3.05) is 0 Å². The van der Waals surface area contributed by atoms with Crippen molar-refractivity contribution in [2.24, 2.45) is 0 Å². The van der Waals surface area contributed by atoms with E-state index < -0.39 is 0 Å². The first-order valence-electron chi connectivity index (χ1n) is 6.62. The van der Waals surface area contributed by atoms with Crippen molar-refractivity contribution in [1.29, 1.82) is 0 Å². The lowest BCUT2D eigenvalue weighted by Gasteiger charge is -2.12. The second-order valence-electron chi connectivity index (χ2n) is 4.87. The predicted molar refractivity (Wildman–Crippen MR) is 79.8 cm³/mol. The molecule has 1 nitrogen and oxygen atoms in total. The van der Waals surface area contributed by atoms with E-state index in [1.807, 2.05) is 13.0 Å². The van der Waals surface area contributed by atoms with Crippen molar-refractivity contribution in [2.45, 2.75) is 6.92 Å². The van der Waals surface area contributed by atoms with Crippen LogP contribution in [-0.2, 0) is 0 Å².